The molecule has 1 N–H and O–H groups in total. The lowest BCUT2D eigenvalue weighted by Gasteiger charge is -2.28. The normalized spacial score (nSPS) is 12.2. The number of rotatable bonds is 8. The summed E-state index contributed by atoms with van der Waals surface area (Å²) in [5.41, 5.74) is 0. The van der Waals surface area contributed by atoms with Crippen LogP contribution in [0.25, 0.3) is 0 Å². The lowest BCUT2D eigenvalue weighted by Crippen LogP contribution is -2.33. The first-order valence-electron chi connectivity index (χ1n) is 6.65. The maximum absolute atomic E-state index is 4.67. The van der Waals surface area contributed by atoms with Crippen molar-refractivity contribution in [1.82, 2.24) is 4.98 Å². The topological polar surface area (TPSA) is 28.2 Å². The predicted octanol–water partition coefficient (Wildman–Crippen LogP) is 3.48. The highest BCUT2D eigenvalue weighted by atomic mass is 32.2. The zero-order valence-electron chi connectivity index (χ0n) is 11.9. The van der Waals surface area contributed by atoms with Gasteiger partial charge in [-0.25, -0.2) is 4.98 Å². The summed E-state index contributed by atoms with van der Waals surface area (Å²) in [4.78, 5) is 6.95. The first-order valence-corrected chi connectivity index (χ1v) is 8.05. The highest BCUT2D eigenvalue weighted by Gasteiger charge is 2.13. The molecule has 0 saturated heterocycles. The van der Waals surface area contributed by atoms with E-state index < -0.39 is 0 Å². The molecule has 3 nitrogen and oxygen atoms in total. The fourth-order valence-electron chi connectivity index (χ4n) is 1.85. The number of hydrogen-bond acceptors (Lipinski definition) is 4. The van der Waals surface area contributed by atoms with Gasteiger partial charge in [-0.05, 0) is 31.2 Å². The second kappa shape index (κ2) is 8.25. The van der Waals surface area contributed by atoms with Gasteiger partial charge in [0.1, 0.15) is 11.6 Å². The Bertz CT molecular complexity index is 344. The van der Waals surface area contributed by atoms with Gasteiger partial charge in [0.2, 0.25) is 0 Å². The van der Waals surface area contributed by atoms with Crippen molar-refractivity contribution >= 4 is 23.4 Å². The summed E-state index contributed by atoms with van der Waals surface area (Å²) in [6, 6.07) is 6.74. The van der Waals surface area contributed by atoms with Gasteiger partial charge < -0.3 is 10.2 Å². The Labute approximate surface area is 115 Å². The largest absolute Gasteiger partial charge is 0.370 e. The lowest BCUT2D eigenvalue weighted by atomic mass is 10.2. The Morgan fingerprint density at radius 1 is 1.39 bits per heavy atom. The van der Waals surface area contributed by atoms with Crippen LogP contribution in [0.3, 0.4) is 0 Å². The van der Waals surface area contributed by atoms with Gasteiger partial charge in [0.25, 0.3) is 0 Å². The first kappa shape index (κ1) is 15.2. The maximum atomic E-state index is 4.67. The Balaban J connectivity index is 2.74. The van der Waals surface area contributed by atoms with E-state index >= 15 is 0 Å². The minimum Gasteiger partial charge on any atom is -0.370 e. The van der Waals surface area contributed by atoms with Gasteiger partial charge in [-0.2, -0.15) is 11.8 Å². The third-order valence-corrected chi connectivity index (χ3v) is 3.75. The molecule has 18 heavy (non-hydrogen) atoms. The molecule has 0 bridgehead atoms. The molecule has 4 heteroatoms. The van der Waals surface area contributed by atoms with Crippen molar-refractivity contribution < 1.29 is 0 Å². The number of pyridine rings is 1. The van der Waals surface area contributed by atoms with Crippen LogP contribution in [0.2, 0.25) is 0 Å². The Kier molecular flexibility index (Phi) is 6.94. The molecule has 0 fully saturated rings. The minimum absolute atomic E-state index is 0.550. The average Bonchev–Trinajstić information content (AvgIpc) is 2.42. The van der Waals surface area contributed by atoms with Crippen molar-refractivity contribution in [2.45, 2.75) is 32.7 Å². The smallest absolute Gasteiger partial charge is 0.130 e. The summed E-state index contributed by atoms with van der Waals surface area (Å²) in [6.45, 7) is 5.37. The van der Waals surface area contributed by atoms with Crippen LogP contribution in [0.1, 0.15) is 26.7 Å². The van der Waals surface area contributed by atoms with E-state index in [2.05, 4.69) is 54.5 Å². The molecule has 1 heterocycles. The molecule has 1 aromatic heterocycles. The molecule has 1 unspecified atom stereocenters. The van der Waals surface area contributed by atoms with Gasteiger partial charge in [0, 0.05) is 25.4 Å². The summed E-state index contributed by atoms with van der Waals surface area (Å²) in [5, 5.41) is 3.34. The highest BCUT2D eigenvalue weighted by molar-refractivity contribution is 7.98. The molecule has 0 aromatic carbocycles. The van der Waals surface area contributed by atoms with E-state index in [1.54, 1.807) is 0 Å². The minimum atomic E-state index is 0.550. The van der Waals surface area contributed by atoms with E-state index in [0.29, 0.717) is 6.04 Å². The molecule has 0 spiro atoms. The molecule has 1 aromatic rings. The van der Waals surface area contributed by atoms with E-state index in [1.807, 2.05) is 17.8 Å². The average molecular weight is 267 g/mol. The van der Waals surface area contributed by atoms with Gasteiger partial charge in [-0.1, -0.05) is 19.9 Å². The Morgan fingerprint density at radius 2 is 2.17 bits per heavy atom. The van der Waals surface area contributed by atoms with Gasteiger partial charge in [-0.15, -0.1) is 0 Å². The fraction of sp³-hybridized carbons (Fsp3) is 0.643. The van der Waals surface area contributed by atoms with Crippen LogP contribution in [0.4, 0.5) is 11.6 Å². The van der Waals surface area contributed by atoms with Crippen LogP contribution in [0, 0.1) is 0 Å². The van der Waals surface area contributed by atoms with Gasteiger partial charge in [-0.3, -0.25) is 0 Å². The summed E-state index contributed by atoms with van der Waals surface area (Å²) in [5.74, 6) is 3.17. The van der Waals surface area contributed by atoms with Gasteiger partial charge in [0.15, 0.2) is 0 Å². The van der Waals surface area contributed by atoms with Crippen molar-refractivity contribution in [2.24, 2.45) is 0 Å². The van der Waals surface area contributed by atoms with Crippen LogP contribution >= 0.6 is 11.8 Å². The molecule has 0 aliphatic rings. The molecule has 102 valence electrons. The second-order valence-electron chi connectivity index (χ2n) is 4.44. The standard InChI is InChI=1S/C14H25N3S/c1-5-10-15-13-8-7-9-14(16-13)17(3)12(6-2)11-18-4/h7-9,12H,5-6,10-11H2,1-4H3,(H,15,16). The fourth-order valence-corrected chi connectivity index (χ4v) is 2.70. The molecule has 0 aliphatic heterocycles. The summed E-state index contributed by atoms with van der Waals surface area (Å²) in [6.07, 6.45) is 4.42. The van der Waals surface area contributed by atoms with Crippen LogP contribution in [0.5, 0.6) is 0 Å². The first-order chi connectivity index (χ1) is 8.72. The number of nitrogens with one attached hydrogen (secondary N) is 1. The zero-order valence-corrected chi connectivity index (χ0v) is 12.8. The molecule has 0 amide bonds. The van der Waals surface area contributed by atoms with Crippen LogP contribution in [0.15, 0.2) is 18.2 Å². The third-order valence-electron chi connectivity index (χ3n) is 3.03. The van der Waals surface area contributed by atoms with E-state index in [0.717, 1.165) is 36.8 Å². The van der Waals surface area contributed by atoms with Gasteiger partial charge in [0.05, 0.1) is 0 Å². The maximum Gasteiger partial charge on any atom is 0.130 e. The van der Waals surface area contributed by atoms with E-state index in [4.69, 9.17) is 0 Å². The quantitative estimate of drug-likeness (QED) is 0.780. The molecule has 0 saturated carbocycles. The number of hydrogen-bond donors (Lipinski definition) is 1. The van der Waals surface area contributed by atoms with Gasteiger partial charge >= 0.3 is 0 Å². The number of thioether (sulfide) groups is 1. The predicted molar refractivity (Wildman–Crippen MR) is 83.9 cm³/mol. The number of aromatic nitrogens is 1. The van der Waals surface area contributed by atoms with E-state index in [9.17, 15) is 0 Å². The SMILES string of the molecule is CCCNc1cccc(N(C)C(CC)CSC)n1. The zero-order chi connectivity index (χ0) is 13.4. The monoisotopic (exact) mass is 267 g/mol. The number of nitrogens with zero attached hydrogens (tertiary/aromatic N) is 2. The van der Waals surface area contributed by atoms with Crippen LogP contribution in [-0.2, 0) is 0 Å². The van der Waals surface area contributed by atoms with Crippen molar-refractivity contribution in [3.8, 4) is 0 Å². The summed E-state index contributed by atoms with van der Waals surface area (Å²) in [7, 11) is 2.14. The third kappa shape index (κ3) is 4.41. The molecular weight excluding hydrogens is 242 g/mol. The van der Waals surface area contributed by atoms with Crippen LogP contribution in [-0.4, -0.2) is 36.6 Å². The van der Waals surface area contributed by atoms with Crippen molar-refractivity contribution in [3.05, 3.63) is 18.2 Å². The molecular formula is C14H25N3S. The van der Waals surface area contributed by atoms with E-state index in [1.165, 1.54) is 0 Å². The van der Waals surface area contributed by atoms with Crippen molar-refractivity contribution in [1.29, 1.82) is 0 Å². The molecule has 0 aliphatic carbocycles. The Morgan fingerprint density at radius 3 is 2.78 bits per heavy atom. The molecule has 1 atom stereocenters. The second-order valence-corrected chi connectivity index (χ2v) is 5.35. The van der Waals surface area contributed by atoms with E-state index in [-0.39, 0.29) is 0 Å². The lowest BCUT2D eigenvalue weighted by molar-refractivity contribution is 0.666. The van der Waals surface area contributed by atoms with Crippen molar-refractivity contribution in [3.63, 3.8) is 0 Å². The van der Waals surface area contributed by atoms with Crippen molar-refractivity contribution in [2.75, 3.05) is 35.8 Å². The molecule has 0 radical (unpaired) electrons. The Hall–Kier alpha value is -0.900. The van der Waals surface area contributed by atoms with Crippen LogP contribution < -0.4 is 10.2 Å². The summed E-state index contributed by atoms with van der Waals surface area (Å²) < 4.78 is 0. The highest BCUT2D eigenvalue weighted by Crippen LogP contribution is 2.18. The summed E-state index contributed by atoms with van der Waals surface area (Å²) >= 11 is 1.89. The molecule has 1 rings (SSSR count). The number of anilines is 2.